The van der Waals surface area contributed by atoms with Gasteiger partial charge in [0.15, 0.2) is 0 Å². The second-order valence-electron chi connectivity index (χ2n) is 4.60. The molecule has 1 aliphatic heterocycles. The molecule has 5 heteroatoms. The summed E-state index contributed by atoms with van der Waals surface area (Å²) >= 11 is 1.63. The number of piperazine rings is 1. The molecule has 1 saturated heterocycles. The SMILES string of the molecule is CCc1cc(C(=O)N2CCNC[C@H]2C)sc1C.Cl. The first-order valence-corrected chi connectivity index (χ1v) is 7.06. The Morgan fingerprint density at radius 2 is 2.33 bits per heavy atom. The monoisotopic (exact) mass is 288 g/mol. The van der Waals surface area contributed by atoms with Gasteiger partial charge in [-0.2, -0.15) is 0 Å². The molecule has 2 heterocycles. The summed E-state index contributed by atoms with van der Waals surface area (Å²) in [5.74, 6) is 0.201. The Hall–Kier alpha value is -0.580. The minimum atomic E-state index is 0. The number of hydrogen-bond acceptors (Lipinski definition) is 3. The van der Waals surface area contributed by atoms with E-state index >= 15 is 0 Å². The van der Waals surface area contributed by atoms with E-state index in [0.29, 0.717) is 6.04 Å². The molecule has 1 fully saturated rings. The first-order chi connectivity index (χ1) is 8.13. The fraction of sp³-hybridized carbons (Fsp3) is 0.615. The smallest absolute Gasteiger partial charge is 0.264 e. The van der Waals surface area contributed by atoms with Gasteiger partial charge in [0.1, 0.15) is 0 Å². The molecule has 0 spiro atoms. The predicted octanol–water partition coefficient (Wildman–Crippen LogP) is 2.47. The fourth-order valence-electron chi connectivity index (χ4n) is 2.26. The summed E-state index contributed by atoms with van der Waals surface area (Å²) in [6.45, 7) is 8.96. The normalized spacial score (nSPS) is 19.5. The zero-order valence-corrected chi connectivity index (χ0v) is 12.8. The Kier molecular flexibility index (Phi) is 5.63. The second-order valence-corrected chi connectivity index (χ2v) is 5.85. The zero-order chi connectivity index (χ0) is 12.4. The molecule has 1 aliphatic rings. The molecule has 18 heavy (non-hydrogen) atoms. The third-order valence-electron chi connectivity index (χ3n) is 3.37. The van der Waals surface area contributed by atoms with Crippen molar-refractivity contribution >= 4 is 29.7 Å². The third kappa shape index (κ3) is 3.05. The first kappa shape index (κ1) is 15.5. The lowest BCUT2D eigenvalue weighted by Crippen LogP contribution is -2.52. The van der Waals surface area contributed by atoms with E-state index in [1.54, 1.807) is 11.3 Å². The Bertz CT molecular complexity index is 419. The van der Waals surface area contributed by atoms with Gasteiger partial charge in [0, 0.05) is 30.6 Å². The van der Waals surface area contributed by atoms with E-state index < -0.39 is 0 Å². The highest BCUT2D eigenvalue weighted by atomic mass is 35.5. The lowest BCUT2D eigenvalue weighted by Gasteiger charge is -2.33. The number of carbonyl (C=O) groups is 1. The first-order valence-electron chi connectivity index (χ1n) is 6.24. The number of hydrogen-bond donors (Lipinski definition) is 1. The fourth-order valence-corrected chi connectivity index (χ4v) is 3.33. The molecule has 1 atom stereocenters. The van der Waals surface area contributed by atoms with Crippen LogP contribution < -0.4 is 5.32 Å². The number of carbonyl (C=O) groups excluding carboxylic acids is 1. The molecule has 2 rings (SSSR count). The van der Waals surface area contributed by atoms with Crippen molar-refractivity contribution in [1.82, 2.24) is 10.2 Å². The number of aryl methyl sites for hydroxylation is 2. The van der Waals surface area contributed by atoms with E-state index in [-0.39, 0.29) is 18.3 Å². The molecule has 0 aromatic carbocycles. The maximum atomic E-state index is 12.4. The lowest BCUT2D eigenvalue weighted by molar-refractivity contribution is 0.0661. The van der Waals surface area contributed by atoms with E-state index in [1.807, 2.05) is 4.90 Å². The number of amides is 1. The van der Waals surface area contributed by atoms with E-state index in [2.05, 4.69) is 32.2 Å². The van der Waals surface area contributed by atoms with Gasteiger partial charge in [0.05, 0.1) is 4.88 Å². The van der Waals surface area contributed by atoms with Gasteiger partial charge in [-0.1, -0.05) is 6.92 Å². The summed E-state index contributed by atoms with van der Waals surface area (Å²) in [7, 11) is 0. The number of halogens is 1. The number of nitrogens with zero attached hydrogens (tertiary/aromatic N) is 1. The number of nitrogens with one attached hydrogen (secondary N) is 1. The number of rotatable bonds is 2. The van der Waals surface area contributed by atoms with Crippen molar-refractivity contribution < 1.29 is 4.79 Å². The molecule has 1 amide bonds. The molecule has 0 unspecified atom stereocenters. The number of thiophene rings is 1. The van der Waals surface area contributed by atoms with Crippen LogP contribution in [0.25, 0.3) is 0 Å². The van der Waals surface area contributed by atoms with Crippen LogP contribution in [0.5, 0.6) is 0 Å². The van der Waals surface area contributed by atoms with Crippen molar-refractivity contribution in [1.29, 1.82) is 0 Å². The van der Waals surface area contributed by atoms with Gasteiger partial charge < -0.3 is 10.2 Å². The van der Waals surface area contributed by atoms with E-state index in [4.69, 9.17) is 0 Å². The third-order valence-corrected chi connectivity index (χ3v) is 4.46. The maximum Gasteiger partial charge on any atom is 0.264 e. The van der Waals surface area contributed by atoms with Crippen molar-refractivity contribution in [2.45, 2.75) is 33.2 Å². The Morgan fingerprint density at radius 1 is 1.61 bits per heavy atom. The maximum absolute atomic E-state index is 12.4. The van der Waals surface area contributed by atoms with Gasteiger partial charge in [-0.05, 0) is 31.9 Å². The Balaban J connectivity index is 0.00000162. The van der Waals surface area contributed by atoms with Crippen LogP contribution >= 0.6 is 23.7 Å². The molecule has 0 radical (unpaired) electrons. The topological polar surface area (TPSA) is 32.3 Å². The largest absolute Gasteiger partial charge is 0.333 e. The highest BCUT2D eigenvalue weighted by molar-refractivity contribution is 7.14. The van der Waals surface area contributed by atoms with Crippen molar-refractivity contribution in [2.24, 2.45) is 0 Å². The molecule has 1 N–H and O–H groups in total. The van der Waals surface area contributed by atoms with Crippen LogP contribution in [0.3, 0.4) is 0 Å². The van der Waals surface area contributed by atoms with E-state index in [9.17, 15) is 4.79 Å². The molecule has 0 bridgehead atoms. The molecule has 1 aromatic rings. The summed E-state index contributed by atoms with van der Waals surface area (Å²) in [5, 5.41) is 3.31. The van der Waals surface area contributed by atoms with Crippen LogP contribution in [0, 0.1) is 6.92 Å². The van der Waals surface area contributed by atoms with Crippen LogP contribution in [0.2, 0.25) is 0 Å². The molecule has 1 aromatic heterocycles. The molecule has 0 aliphatic carbocycles. The molecule has 0 saturated carbocycles. The standard InChI is InChI=1S/C13H20N2OS.ClH/c1-4-11-7-12(17-10(11)3)13(16)15-6-5-14-8-9(15)2;/h7,9,14H,4-6,8H2,1-3H3;1H/t9-;/m1./s1. The molecule has 102 valence electrons. The molecular weight excluding hydrogens is 268 g/mol. The van der Waals surface area contributed by atoms with Gasteiger partial charge in [0.25, 0.3) is 5.91 Å². The van der Waals surface area contributed by atoms with Crippen LogP contribution in [0.4, 0.5) is 0 Å². The van der Waals surface area contributed by atoms with Crippen LogP contribution in [-0.2, 0) is 6.42 Å². The average Bonchev–Trinajstić information content (AvgIpc) is 2.70. The summed E-state index contributed by atoms with van der Waals surface area (Å²) in [6, 6.07) is 2.36. The van der Waals surface area contributed by atoms with Crippen LogP contribution in [0.15, 0.2) is 6.07 Å². The zero-order valence-electron chi connectivity index (χ0n) is 11.2. The van der Waals surface area contributed by atoms with Gasteiger partial charge in [-0.15, -0.1) is 23.7 Å². The second kappa shape index (κ2) is 6.55. The lowest BCUT2D eigenvalue weighted by atomic mass is 10.1. The minimum Gasteiger partial charge on any atom is -0.333 e. The summed E-state index contributed by atoms with van der Waals surface area (Å²) in [6.07, 6.45) is 1.01. The van der Waals surface area contributed by atoms with Gasteiger partial charge in [-0.3, -0.25) is 4.79 Å². The van der Waals surface area contributed by atoms with Gasteiger partial charge in [0.2, 0.25) is 0 Å². The van der Waals surface area contributed by atoms with E-state index in [0.717, 1.165) is 30.9 Å². The van der Waals surface area contributed by atoms with Gasteiger partial charge >= 0.3 is 0 Å². The molecule has 3 nitrogen and oxygen atoms in total. The van der Waals surface area contributed by atoms with Crippen LogP contribution in [-0.4, -0.2) is 36.5 Å². The Morgan fingerprint density at radius 3 is 2.89 bits per heavy atom. The predicted molar refractivity (Wildman–Crippen MR) is 79.1 cm³/mol. The quantitative estimate of drug-likeness (QED) is 0.907. The van der Waals surface area contributed by atoms with Gasteiger partial charge in [-0.25, -0.2) is 0 Å². The Labute approximate surface area is 119 Å². The van der Waals surface area contributed by atoms with Crippen molar-refractivity contribution in [3.05, 3.63) is 21.4 Å². The van der Waals surface area contributed by atoms with E-state index in [1.165, 1.54) is 10.4 Å². The average molecular weight is 289 g/mol. The summed E-state index contributed by atoms with van der Waals surface area (Å²) < 4.78 is 0. The summed E-state index contributed by atoms with van der Waals surface area (Å²) in [5.41, 5.74) is 1.31. The minimum absolute atomic E-state index is 0. The molecular formula is C13H21ClN2OS. The summed E-state index contributed by atoms with van der Waals surface area (Å²) in [4.78, 5) is 16.6. The van der Waals surface area contributed by atoms with Crippen LogP contribution in [0.1, 0.15) is 34.0 Å². The van der Waals surface area contributed by atoms with Crippen molar-refractivity contribution in [3.8, 4) is 0 Å². The highest BCUT2D eigenvalue weighted by Gasteiger charge is 2.25. The highest BCUT2D eigenvalue weighted by Crippen LogP contribution is 2.24. The van der Waals surface area contributed by atoms with Crippen molar-refractivity contribution in [2.75, 3.05) is 19.6 Å². The van der Waals surface area contributed by atoms with Crippen molar-refractivity contribution in [3.63, 3.8) is 0 Å².